The van der Waals surface area contributed by atoms with Crippen molar-refractivity contribution in [3.8, 4) is 0 Å². The molecule has 0 unspecified atom stereocenters. The summed E-state index contributed by atoms with van der Waals surface area (Å²) in [6, 6.07) is 13.3. The monoisotopic (exact) mass is 496 g/mol. The fourth-order valence-corrected chi connectivity index (χ4v) is 3.62. The molecular formula is C24H37Cl2CoN3. The maximum Gasteiger partial charge on any atom is 2.00 e. The molecule has 0 spiro atoms. The van der Waals surface area contributed by atoms with Crippen LogP contribution in [0.15, 0.2) is 36.4 Å². The Labute approximate surface area is 206 Å². The molecular weight excluding hydrogens is 460 g/mol. The van der Waals surface area contributed by atoms with E-state index in [0.717, 1.165) is 51.9 Å². The number of para-hydroxylation sites is 2. The minimum absolute atomic E-state index is 0. The van der Waals surface area contributed by atoms with E-state index in [2.05, 4.69) is 80.0 Å². The van der Waals surface area contributed by atoms with Gasteiger partial charge in [-0.25, -0.2) is 0 Å². The maximum atomic E-state index is 3.65. The van der Waals surface area contributed by atoms with E-state index in [4.69, 9.17) is 0 Å². The van der Waals surface area contributed by atoms with Gasteiger partial charge in [0.05, 0.1) is 0 Å². The Kier molecular flexibility index (Phi) is 18.5. The van der Waals surface area contributed by atoms with Crippen molar-refractivity contribution >= 4 is 11.4 Å². The minimum Gasteiger partial charge on any atom is -1.00 e. The first-order valence-corrected chi connectivity index (χ1v) is 10.6. The van der Waals surface area contributed by atoms with Crippen LogP contribution < -0.4 is 40.8 Å². The number of aryl methyl sites for hydroxylation is 4. The van der Waals surface area contributed by atoms with Gasteiger partial charge >= 0.3 is 16.8 Å². The van der Waals surface area contributed by atoms with Gasteiger partial charge in [-0.1, -0.05) is 64.1 Å². The number of hydrogen-bond donors (Lipinski definition) is 3. The van der Waals surface area contributed by atoms with Crippen LogP contribution in [-0.4, -0.2) is 26.2 Å². The molecule has 0 atom stereocenters. The molecule has 1 radical (unpaired) electrons. The van der Waals surface area contributed by atoms with Gasteiger partial charge in [0.25, 0.3) is 0 Å². The van der Waals surface area contributed by atoms with Crippen LogP contribution in [0.2, 0.25) is 0 Å². The predicted molar refractivity (Wildman–Crippen MR) is 120 cm³/mol. The summed E-state index contributed by atoms with van der Waals surface area (Å²) in [5, 5.41) is 10.8. The number of anilines is 2. The van der Waals surface area contributed by atoms with Crippen LogP contribution in [0.3, 0.4) is 0 Å². The number of benzene rings is 2. The van der Waals surface area contributed by atoms with E-state index < -0.39 is 0 Å². The van der Waals surface area contributed by atoms with Gasteiger partial charge in [0.1, 0.15) is 0 Å². The molecule has 0 aliphatic rings. The van der Waals surface area contributed by atoms with E-state index in [-0.39, 0.29) is 41.6 Å². The smallest absolute Gasteiger partial charge is 1.00 e. The molecule has 3 N–H and O–H groups in total. The molecule has 6 heteroatoms. The summed E-state index contributed by atoms with van der Waals surface area (Å²) < 4.78 is 0. The molecule has 2 rings (SSSR count). The molecule has 0 saturated carbocycles. The van der Waals surface area contributed by atoms with E-state index in [1.165, 1.54) is 33.6 Å². The summed E-state index contributed by atoms with van der Waals surface area (Å²) in [7, 11) is 0. The van der Waals surface area contributed by atoms with Crippen LogP contribution in [0.1, 0.15) is 49.9 Å². The van der Waals surface area contributed by atoms with Crippen LogP contribution in [0.5, 0.6) is 0 Å². The molecule has 0 saturated heterocycles. The molecule has 171 valence electrons. The van der Waals surface area contributed by atoms with Gasteiger partial charge in [-0.2, -0.15) is 0 Å². The first-order valence-electron chi connectivity index (χ1n) is 10.6. The van der Waals surface area contributed by atoms with Crippen LogP contribution in [-0.2, 0) is 42.5 Å². The largest absolute Gasteiger partial charge is 2.00 e. The van der Waals surface area contributed by atoms with Crippen molar-refractivity contribution in [3.63, 3.8) is 0 Å². The molecule has 2 aromatic carbocycles. The van der Waals surface area contributed by atoms with Crippen LogP contribution in [0.4, 0.5) is 11.4 Å². The number of hydrogen-bond acceptors (Lipinski definition) is 3. The molecule has 0 bridgehead atoms. The standard InChI is InChI=1S/C24H37N3.2ClH.Co/c1-5-19-11-9-12-20(6-2)23(19)26-17-15-25-16-18-27-24-21(7-3)13-10-14-22(24)8-4;;;/h9-14,25-27H,5-8,15-18H2,1-4H3;2*1H;/q;;;+2/p-2. The third-order valence-corrected chi connectivity index (χ3v) is 5.20. The van der Waals surface area contributed by atoms with Gasteiger partial charge in [0.2, 0.25) is 0 Å². The molecule has 0 aliphatic heterocycles. The molecule has 0 aromatic heterocycles. The summed E-state index contributed by atoms with van der Waals surface area (Å²) in [5.41, 5.74) is 8.34. The van der Waals surface area contributed by atoms with Crippen molar-refractivity contribution in [1.29, 1.82) is 0 Å². The molecule has 0 amide bonds. The molecule has 30 heavy (non-hydrogen) atoms. The first kappa shape index (κ1) is 31.3. The summed E-state index contributed by atoms with van der Waals surface area (Å²) in [4.78, 5) is 0. The average molecular weight is 497 g/mol. The minimum atomic E-state index is 0. The first-order chi connectivity index (χ1) is 13.2. The molecule has 2 aromatic rings. The number of halogens is 2. The topological polar surface area (TPSA) is 36.1 Å². The SMILES string of the molecule is CCc1cccc(CC)c1NCCNCCNc1c(CC)cccc1CC.[Cl-].[Cl-].[Co+2]. The van der Waals surface area contributed by atoms with Gasteiger partial charge < -0.3 is 40.8 Å². The Morgan fingerprint density at radius 1 is 0.533 bits per heavy atom. The molecule has 0 heterocycles. The fraction of sp³-hybridized carbons (Fsp3) is 0.500. The van der Waals surface area contributed by atoms with Crippen LogP contribution in [0.25, 0.3) is 0 Å². The number of nitrogens with one attached hydrogen (secondary N) is 3. The van der Waals surface area contributed by atoms with E-state index in [1.807, 2.05) is 0 Å². The zero-order valence-electron chi connectivity index (χ0n) is 18.7. The van der Waals surface area contributed by atoms with Gasteiger partial charge in [0, 0.05) is 37.6 Å². The molecule has 0 aliphatic carbocycles. The second-order valence-electron chi connectivity index (χ2n) is 6.92. The Bertz CT molecular complexity index is 607. The quantitative estimate of drug-likeness (QED) is 0.332. The Hall–Kier alpha value is -0.914. The van der Waals surface area contributed by atoms with Crippen LogP contribution in [0, 0.1) is 0 Å². The summed E-state index contributed by atoms with van der Waals surface area (Å²) in [6.07, 6.45) is 4.29. The number of rotatable bonds is 12. The van der Waals surface area contributed by atoms with Gasteiger partial charge in [-0.3, -0.25) is 0 Å². The van der Waals surface area contributed by atoms with Crippen molar-refractivity contribution in [2.45, 2.75) is 53.4 Å². The summed E-state index contributed by atoms with van der Waals surface area (Å²) in [6.45, 7) is 12.7. The van der Waals surface area contributed by atoms with E-state index >= 15 is 0 Å². The zero-order chi connectivity index (χ0) is 19.5. The third kappa shape index (κ3) is 9.07. The van der Waals surface area contributed by atoms with E-state index in [9.17, 15) is 0 Å². The predicted octanol–water partition coefficient (Wildman–Crippen LogP) is -0.945. The van der Waals surface area contributed by atoms with Gasteiger partial charge in [-0.05, 0) is 47.9 Å². The summed E-state index contributed by atoms with van der Waals surface area (Å²) >= 11 is 0. The van der Waals surface area contributed by atoms with Crippen molar-refractivity contribution in [3.05, 3.63) is 58.7 Å². The van der Waals surface area contributed by atoms with Crippen molar-refractivity contribution < 1.29 is 41.6 Å². The average Bonchev–Trinajstić information content (AvgIpc) is 2.72. The molecule has 3 nitrogen and oxygen atoms in total. The second kappa shape index (κ2) is 17.7. The second-order valence-corrected chi connectivity index (χ2v) is 6.92. The van der Waals surface area contributed by atoms with Crippen molar-refractivity contribution in [2.75, 3.05) is 36.8 Å². The summed E-state index contributed by atoms with van der Waals surface area (Å²) in [5.74, 6) is 0. The normalized spacial score (nSPS) is 9.73. The molecule has 0 fully saturated rings. The Morgan fingerprint density at radius 3 is 1.10 bits per heavy atom. The van der Waals surface area contributed by atoms with E-state index in [0.29, 0.717) is 0 Å². The van der Waals surface area contributed by atoms with Crippen LogP contribution >= 0.6 is 0 Å². The Morgan fingerprint density at radius 2 is 0.833 bits per heavy atom. The fourth-order valence-electron chi connectivity index (χ4n) is 3.62. The van der Waals surface area contributed by atoms with Gasteiger partial charge in [0.15, 0.2) is 0 Å². The van der Waals surface area contributed by atoms with Crippen molar-refractivity contribution in [2.24, 2.45) is 0 Å². The third-order valence-electron chi connectivity index (χ3n) is 5.20. The van der Waals surface area contributed by atoms with Gasteiger partial charge in [-0.15, -0.1) is 0 Å². The van der Waals surface area contributed by atoms with E-state index in [1.54, 1.807) is 0 Å². The Balaban J connectivity index is 0. The zero-order valence-corrected chi connectivity index (χ0v) is 21.3. The van der Waals surface area contributed by atoms with Crippen molar-refractivity contribution in [1.82, 2.24) is 5.32 Å². The maximum absolute atomic E-state index is 3.65.